The van der Waals surface area contributed by atoms with Crippen molar-refractivity contribution >= 4 is 67.3 Å². The van der Waals surface area contributed by atoms with Gasteiger partial charge in [0.2, 0.25) is 15.7 Å². The molecule has 2 heterocycles. The summed E-state index contributed by atoms with van der Waals surface area (Å²) in [5.41, 5.74) is 4.18. The third-order valence-electron chi connectivity index (χ3n) is 9.88. The van der Waals surface area contributed by atoms with Crippen molar-refractivity contribution in [3.05, 3.63) is 95.8 Å². The molecule has 0 aromatic heterocycles. The van der Waals surface area contributed by atoms with Crippen molar-refractivity contribution in [2.45, 2.75) is 74.0 Å². The number of carbonyl (C=O) groups is 1. The van der Waals surface area contributed by atoms with Gasteiger partial charge in [0.1, 0.15) is 6.54 Å². The van der Waals surface area contributed by atoms with E-state index in [4.69, 9.17) is 15.6 Å². The van der Waals surface area contributed by atoms with Crippen LogP contribution in [-0.2, 0) is 54.5 Å². The van der Waals surface area contributed by atoms with Gasteiger partial charge in [0.25, 0.3) is 10.1 Å². The van der Waals surface area contributed by atoms with Gasteiger partial charge in [0.05, 0.1) is 28.1 Å². The zero-order chi connectivity index (χ0) is 42.7. The van der Waals surface area contributed by atoms with Crippen LogP contribution < -0.4 is 4.90 Å². The Bertz CT molecular complexity index is 2170. The number of aliphatic carboxylic acids is 1. The molecule has 0 amide bonds. The Morgan fingerprint density at radius 2 is 1.60 bits per heavy atom. The molecule has 20 heteroatoms. The highest BCUT2D eigenvalue weighted by Crippen LogP contribution is 2.49. The lowest BCUT2D eigenvalue weighted by Crippen LogP contribution is -2.28. The van der Waals surface area contributed by atoms with Gasteiger partial charge in [-0.3, -0.25) is 9.35 Å². The van der Waals surface area contributed by atoms with Crippen LogP contribution in [0.1, 0.15) is 64.5 Å². The summed E-state index contributed by atoms with van der Waals surface area (Å²) in [6, 6.07) is 10.6. The number of anilines is 1. The van der Waals surface area contributed by atoms with Crippen LogP contribution >= 0.6 is 24.1 Å². The van der Waals surface area contributed by atoms with Crippen molar-refractivity contribution in [2.75, 3.05) is 43.1 Å². The first-order valence-electron chi connectivity index (χ1n) is 18.2. The van der Waals surface area contributed by atoms with Crippen LogP contribution in [0.15, 0.2) is 94.4 Å². The fourth-order valence-corrected chi connectivity index (χ4v) is 9.53. The number of carboxylic acid groups (broad SMARTS) is 1. The SMILES string of the molecule is CN(CCCC(=O)O)S(=O)(=O)c1ccc2c(c1)C(C)(C)\C(=C/C=C/C=C/C=C/C1=[N+](CCCS(=O)(=O)O)c3ccc(SOOO)cc3C1(C)C)N2CCCSOOO. The van der Waals surface area contributed by atoms with E-state index in [1.165, 1.54) is 11.4 Å². The monoisotopic (exact) mass is 884 g/mol. The van der Waals surface area contributed by atoms with Crippen LogP contribution in [-0.4, -0.2) is 95.8 Å². The van der Waals surface area contributed by atoms with Crippen LogP contribution in [0.3, 0.4) is 0 Å². The minimum absolute atomic E-state index is 0.0650. The zero-order valence-electron chi connectivity index (χ0n) is 32.8. The van der Waals surface area contributed by atoms with E-state index >= 15 is 0 Å². The fourth-order valence-electron chi connectivity index (χ4n) is 7.04. The molecule has 318 valence electrons. The average molecular weight is 885 g/mol. The van der Waals surface area contributed by atoms with Crippen LogP contribution in [0.5, 0.6) is 0 Å². The molecule has 2 aliphatic heterocycles. The van der Waals surface area contributed by atoms with E-state index in [2.05, 4.69) is 23.6 Å². The second kappa shape index (κ2) is 20.7. The Morgan fingerprint density at radius 3 is 2.29 bits per heavy atom. The molecule has 0 spiro atoms. The van der Waals surface area contributed by atoms with Crippen molar-refractivity contribution in [2.24, 2.45) is 0 Å². The molecule has 0 atom stereocenters. The molecule has 2 aliphatic rings. The van der Waals surface area contributed by atoms with E-state index in [-0.39, 0.29) is 36.5 Å². The van der Waals surface area contributed by atoms with E-state index in [0.717, 1.165) is 58.0 Å². The minimum atomic E-state index is -4.14. The van der Waals surface area contributed by atoms with Crippen LogP contribution in [0, 0.1) is 0 Å². The third-order valence-corrected chi connectivity index (χ3v) is 13.7. The lowest BCUT2D eigenvalue weighted by atomic mass is 9.81. The summed E-state index contributed by atoms with van der Waals surface area (Å²) in [6.45, 7) is 9.07. The zero-order valence-corrected chi connectivity index (χ0v) is 36.1. The van der Waals surface area contributed by atoms with Crippen molar-refractivity contribution in [3.8, 4) is 0 Å². The summed E-state index contributed by atoms with van der Waals surface area (Å²) in [5, 5.41) is 33.6. The largest absolute Gasteiger partial charge is 0.481 e. The molecule has 0 bridgehead atoms. The Kier molecular flexibility index (Phi) is 16.9. The summed E-state index contributed by atoms with van der Waals surface area (Å²) < 4.78 is 71.7. The number of allylic oxidation sites excluding steroid dienone is 8. The molecule has 2 aromatic rings. The molecule has 0 unspecified atom stereocenters. The average Bonchev–Trinajstić information content (AvgIpc) is 3.50. The van der Waals surface area contributed by atoms with Gasteiger partial charge < -0.3 is 10.0 Å². The second-order valence-corrected chi connectivity index (χ2v) is 19.7. The molecule has 0 saturated carbocycles. The van der Waals surface area contributed by atoms with Crippen molar-refractivity contribution in [3.63, 3.8) is 0 Å². The van der Waals surface area contributed by atoms with Gasteiger partial charge in [0, 0.05) is 90.2 Å². The molecular weight excluding hydrogens is 835 g/mol. The number of sulfonamides is 1. The van der Waals surface area contributed by atoms with E-state index < -0.39 is 36.9 Å². The number of carboxylic acids is 1. The number of fused-ring (bicyclic) bond motifs is 2. The molecule has 0 aliphatic carbocycles. The summed E-state index contributed by atoms with van der Waals surface area (Å²) in [4.78, 5) is 13.9. The van der Waals surface area contributed by atoms with Crippen molar-refractivity contribution < 1.29 is 65.1 Å². The smallest absolute Gasteiger partial charge is 0.303 e. The van der Waals surface area contributed by atoms with Gasteiger partial charge in [-0.2, -0.15) is 13.0 Å². The molecular formula is C38H50N3O13S4+. The van der Waals surface area contributed by atoms with E-state index in [1.807, 2.05) is 86.9 Å². The minimum Gasteiger partial charge on any atom is -0.481 e. The summed E-state index contributed by atoms with van der Waals surface area (Å²) >= 11 is 1.79. The number of hydrogen-bond acceptors (Lipinski definition) is 14. The summed E-state index contributed by atoms with van der Waals surface area (Å²) in [7, 11) is -6.59. The van der Waals surface area contributed by atoms with Crippen molar-refractivity contribution in [1.29, 1.82) is 0 Å². The van der Waals surface area contributed by atoms with Gasteiger partial charge in [-0.05, 0) is 68.7 Å². The number of benzene rings is 2. The number of hydrogen-bond donors (Lipinski definition) is 4. The van der Waals surface area contributed by atoms with E-state index in [9.17, 15) is 26.2 Å². The topological polar surface area (TPSA) is 213 Å². The highest BCUT2D eigenvalue weighted by Gasteiger charge is 2.44. The van der Waals surface area contributed by atoms with E-state index in [0.29, 0.717) is 30.2 Å². The van der Waals surface area contributed by atoms with Gasteiger partial charge in [0.15, 0.2) is 5.71 Å². The lowest BCUT2D eigenvalue weighted by molar-refractivity contribution is -0.437. The van der Waals surface area contributed by atoms with Gasteiger partial charge in [-0.15, -0.1) is 8.67 Å². The predicted molar refractivity (Wildman–Crippen MR) is 222 cm³/mol. The normalized spacial score (nSPS) is 17.2. The summed E-state index contributed by atoms with van der Waals surface area (Å²) in [6.07, 6.45) is 14.2. The molecule has 16 nitrogen and oxygen atoms in total. The van der Waals surface area contributed by atoms with E-state index in [1.54, 1.807) is 24.3 Å². The molecule has 0 fully saturated rings. The standard InChI is InChI=1S/C38H49N3O13S4/c1-37(2)30-26-28(56-54-52-45)17-19-32(30)41(23-13-25-57(46,47)48)34(37)14-9-7-6-8-10-15-35-38(3,4)31-27-29(58(49,50)39(5)21-11-16-36(42)43)18-20-33(31)40(35)22-12-24-55-53-51-44/h6-10,14-15,17-20,26-27H,11-13,16,21-25H2,1-5H3,(H3-,42,43,44,45,46,47,48)/p+1. The van der Waals surface area contributed by atoms with Gasteiger partial charge in [-0.25, -0.2) is 23.2 Å². The maximum absolute atomic E-state index is 13.5. The quantitative estimate of drug-likeness (QED) is 0.0167. The number of rotatable bonds is 23. The fraction of sp³-hybridized carbons (Fsp3) is 0.421. The Labute approximate surface area is 348 Å². The van der Waals surface area contributed by atoms with Crippen LogP contribution in [0.25, 0.3) is 0 Å². The molecule has 0 radical (unpaired) electrons. The molecule has 2 aromatic carbocycles. The van der Waals surface area contributed by atoms with Crippen molar-refractivity contribution in [1.82, 2.24) is 4.31 Å². The first kappa shape index (κ1) is 47.3. The third kappa shape index (κ3) is 11.9. The van der Waals surface area contributed by atoms with Crippen LogP contribution in [0.4, 0.5) is 11.4 Å². The predicted octanol–water partition coefficient (Wildman–Crippen LogP) is 7.06. The Hall–Kier alpha value is -3.38. The molecule has 4 rings (SSSR count). The maximum atomic E-state index is 13.5. The molecule has 4 N–H and O–H groups in total. The highest BCUT2D eigenvalue weighted by molar-refractivity contribution is 7.94. The van der Waals surface area contributed by atoms with Gasteiger partial charge >= 0.3 is 5.97 Å². The first-order valence-corrected chi connectivity index (χ1v) is 22.9. The number of nitrogens with zero attached hydrogens (tertiary/aromatic N) is 3. The summed E-state index contributed by atoms with van der Waals surface area (Å²) in [5.74, 6) is -0.869. The van der Waals surface area contributed by atoms with Gasteiger partial charge in [-0.1, -0.05) is 54.3 Å². The molecule has 0 saturated heterocycles. The Balaban J connectivity index is 1.59. The maximum Gasteiger partial charge on any atom is 0.303 e. The van der Waals surface area contributed by atoms with Crippen LogP contribution in [0.2, 0.25) is 0 Å². The molecule has 58 heavy (non-hydrogen) atoms. The highest BCUT2D eigenvalue weighted by atomic mass is 32.2. The lowest BCUT2D eigenvalue weighted by Gasteiger charge is -2.27. The Morgan fingerprint density at radius 1 is 0.897 bits per heavy atom. The second-order valence-electron chi connectivity index (χ2n) is 14.5. The first-order chi connectivity index (χ1) is 27.4.